The van der Waals surface area contributed by atoms with Gasteiger partial charge in [-0.3, -0.25) is 0 Å². The summed E-state index contributed by atoms with van der Waals surface area (Å²) in [5.41, 5.74) is -0.174. The van der Waals surface area contributed by atoms with Crippen molar-refractivity contribution in [1.29, 1.82) is 0 Å². The molecular formula is C12H5Br3ClF3S. The lowest BCUT2D eigenvalue weighted by Crippen LogP contribution is -2.06. The maximum atomic E-state index is 12.8. The minimum Gasteiger partial charge on any atom is -0.166 e. The van der Waals surface area contributed by atoms with Gasteiger partial charge in [0.05, 0.1) is 10.4 Å². The maximum Gasteiger partial charge on any atom is 0.416 e. The smallest absolute Gasteiger partial charge is 0.166 e. The van der Waals surface area contributed by atoms with Crippen molar-refractivity contribution in [2.24, 2.45) is 0 Å². The molecular weight excluding hydrogens is 508 g/mol. The largest absolute Gasteiger partial charge is 0.416 e. The molecule has 1 atom stereocenters. The summed E-state index contributed by atoms with van der Waals surface area (Å²) in [7, 11) is 0. The van der Waals surface area contributed by atoms with E-state index in [1.54, 1.807) is 6.07 Å². The maximum absolute atomic E-state index is 12.8. The third-order valence-electron chi connectivity index (χ3n) is 2.51. The molecule has 108 valence electrons. The first-order valence-corrected chi connectivity index (χ1v) is 8.85. The van der Waals surface area contributed by atoms with Crippen LogP contribution in [0.5, 0.6) is 0 Å². The van der Waals surface area contributed by atoms with Crippen LogP contribution in [0, 0.1) is 0 Å². The highest BCUT2D eigenvalue weighted by Crippen LogP contribution is 2.44. The first-order valence-electron chi connectivity index (χ1n) is 5.15. The molecule has 0 nitrogen and oxygen atoms in total. The molecule has 0 bridgehead atoms. The molecule has 1 aromatic carbocycles. The molecule has 8 heteroatoms. The lowest BCUT2D eigenvalue weighted by atomic mass is 10.1. The Hall–Kier alpha value is 0.440. The van der Waals surface area contributed by atoms with Gasteiger partial charge in [-0.15, -0.1) is 11.3 Å². The normalized spacial score (nSPS) is 13.6. The van der Waals surface area contributed by atoms with Crippen LogP contribution < -0.4 is 0 Å². The fourth-order valence-electron chi connectivity index (χ4n) is 1.56. The van der Waals surface area contributed by atoms with Crippen molar-refractivity contribution in [1.82, 2.24) is 0 Å². The van der Waals surface area contributed by atoms with E-state index >= 15 is 0 Å². The van der Waals surface area contributed by atoms with Gasteiger partial charge in [0.25, 0.3) is 0 Å². The van der Waals surface area contributed by atoms with Gasteiger partial charge in [-0.25, -0.2) is 0 Å². The molecule has 0 fully saturated rings. The second kappa shape index (κ2) is 6.28. The predicted octanol–water partition coefficient (Wildman–Crippen LogP) is 7.43. The third-order valence-corrected chi connectivity index (χ3v) is 7.06. The van der Waals surface area contributed by atoms with Crippen LogP contribution in [0.1, 0.15) is 20.8 Å². The first-order chi connectivity index (χ1) is 9.20. The molecule has 1 aromatic heterocycles. The predicted molar refractivity (Wildman–Crippen MR) is 86.9 cm³/mol. The van der Waals surface area contributed by atoms with Gasteiger partial charge in [0.2, 0.25) is 0 Å². The molecule has 0 N–H and O–H groups in total. The van der Waals surface area contributed by atoms with Crippen molar-refractivity contribution < 1.29 is 13.2 Å². The van der Waals surface area contributed by atoms with Gasteiger partial charge in [0.1, 0.15) is 4.34 Å². The SMILES string of the molecule is FC(F)(F)c1ccc(Br)c(C(Br)c2cc(Br)c(Cl)s2)c1. The van der Waals surface area contributed by atoms with Crippen molar-refractivity contribution in [3.8, 4) is 0 Å². The zero-order valence-electron chi connectivity index (χ0n) is 9.44. The van der Waals surface area contributed by atoms with E-state index in [0.29, 0.717) is 14.4 Å². The number of hydrogen-bond acceptors (Lipinski definition) is 1. The van der Waals surface area contributed by atoms with Crippen LogP contribution in [0.15, 0.2) is 33.2 Å². The van der Waals surface area contributed by atoms with Crippen LogP contribution in [0.2, 0.25) is 4.34 Å². The molecule has 20 heavy (non-hydrogen) atoms. The van der Waals surface area contributed by atoms with Crippen molar-refractivity contribution in [2.45, 2.75) is 11.0 Å². The van der Waals surface area contributed by atoms with Gasteiger partial charge >= 0.3 is 6.18 Å². The summed E-state index contributed by atoms with van der Waals surface area (Å²) in [5.74, 6) is 0. The van der Waals surface area contributed by atoms with Crippen molar-refractivity contribution in [3.63, 3.8) is 0 Å². The van der Waals surface area contributed by atoms with Gasteiger partial charge in [-0.05, 0) is 45.8 Å². The summed E-state index contributed by atoms with van der Waals surface area (Å²) in [6, 6.07) is 5.37. The number of alkyl halides is 4. The Morgan fingerprint density at radius 3 is 2.25 bits per heavy atom. The highest BCUT2D eigenvalue weighted by molar-refractivity contribution is 9.11. The molecule has 1 unspecified atom stereocenters. The van der Waals surface area contributed by atoms with Crippen LogP contribution in [-0.4, -0.2) is 0 Å². The Labute approximate surface area is 147 Å². The number of halogens is 7. The zero-order valence-corrected chi connectivity index (χ0v) is 15.8. The van der Waals surface area contributed by atoms with Crippen molar-refractivity contribution in [2.75, 3.05) is 0 Å². The monoisotopic (exact) mass is 510 g/mol. The van der Waals surface area contributed by atoms with E-state index in [0.717, 1.165) is 21.5 Å². The number of benzene rings is 1. The molecule has 0 spiro atoms. The van der Waals surface area contributed by atoms with Crippen molar-refractivity contribution in [3.05, 3.63) is 53.6 Å². The van der Waals surface area contributed by atoms with E-state index in [-0.39, 0.29) is 4.83 Å². The molecule has 0 saturated carbocycles. The van der Waals surface area contributed by atoms with E-state index in [9.17, 15) is 13.2 Å². The number of rotatable bonds is 2. The molecule has 2 rings (SSSR count). The minimum absolute atomic E-state index is 0.368. The van der Waals surface area contributed by atoms with E-state index in [2.05, 4.69) is 47.8 Å². The standard InChI is InChI=1S/C12H5Br3ClF3S/c13-7-2-1-5(12(17,18)19)3-6(7)10(15)9-4-8(14)11(16)20-9/h1-4,10H. The summed E-state index contributed by atoms with van der Waals surface area (Å²) in [5, 5.41) is 0. The summed E-state index contributed by atoms with van der Waals surface area (Å²) in [6.07, 6.45) is -4.37. The van der Waals surface area contributed by atoms with E-state index in [4.69, 9.17) is 11.6 Å². The Balaban J connectivity index is 2.46. The van der Waals surface area contributed by atoms with Crippen LogP contribution in [0.4, 0.5) is 13.2 Å². The molecule has 2 aromatic rings. The second-order valence-corrected chi connectivity index (χ2v) is 8.18. The van der Waals surface area contributed by atoms with Crippen LogP contribution in [-0.2, 0) is 6.18 Å². The van der Waals surface area contributed by atoms with Crippen molar-refractivity contribution >= 4 is 70.7 Å². The van der Waals surface area contributed by atoms with Gasteiger partial charge in [0, 0.05) is 13.8 Å². The van der Waals surface area contributed by atoms with Gasteiger partial charge < -0.3 is 0 Å². The first kappa shape index (κ1) is 16.8. The summed E-state index contributed by atoms with van der Waals surface area (Å²) >= 11 is 17.3. The third kappa shape index (κ3) is 3.61. The lowest BCUT2D eigenvalue weighted by Gasteiger charge is -2.14. The molecule has 0 radical (unpaired) electrons. The highest BCUT2D eigenvalue weighted by Gasteiger charge is 2.31. The molecule has 0 aliphatic rings. The fourth-order valence-corrected chi connectivity index (χ4v) is 4.86. The summed E-state index contributed by atoms with van der Waals surface area (Å²) in [6.45, 7) is 0. The Morgan fingerprint density at radius 2 is 1.75 bits per heavy atom. The summed E-state index contributed by atoms with van der Waals surface area (Å²) in [4.78, 5) is 0.454. The van der Waals surface area contributed by atoms with Crippen LogP contribution in [0.25, 0.3) is 0 Å². The fraction of sp³-hybridized carbons (Fsp3) is 0.167. The molecule has 0 aliphatic heterocycles. The average Bonchev–Trinajstić information content (AvgIpc) is 2.68. The topological polar surface area (TPSA) is 0 Å². The molecule has 0 saturated heterocycles. The molecule has 1 heterocycles. The van der Waals surface area contributed by atoms with Crippen LogP contribution >= 0.6 is 70.7 Å². The Kier molecular flexibility index (Phi) is 5.28. The molecule has 0 aliphatic carbocycles. The quantitative estimate of drug-likeness (QED) is 0.367. The average molecular weight is 513 g/mol. The van der Waals surface area contributed by atoms with E-state index in [1.807, 2.05) is 0 Å². The Morgan fingerprint density at radius 1 is 1.10 bits per heavy atom. The van der Waals surface area contributed by atoms with E-state index < -0.39 is 11.7 Å². The zero-order chi connectivity index (χ0) is 15.1. The van der Waals surface area contributed by atoms with Gasteiger partial charge in [-0.1, -0.05) is 43.5 Å². The van der Waals surface area contributed by atoms with Gasteiger partial charge in [-0.2, -0.15) is 13.2 Å². The summed E-state index contributed by atoms with van der Waals surface area (Å²) < 4.78 is 40.2. The Bertz CT molecular complexity index is 620. The highest BCUT2D eigenvalue weighted by atomic mass is 79.9. The van der Waals surface area contributed by atoms with E-state index in [1.165, 1.54) is 17.4 Å². The number of hydrogen-bond donors (Lipinski definition) is 0. The minimum atomic E-state index is -4.37. The van der Waals surface area contributed by atoms with Crippen LogP contribution in [0.3, 0.4) is 0 Å². The lowest BCUT2D eigenvalue weighted by molar-refractivity contribution is -0.137. The second-order valence-electron chi connectivity index (χ2n) is 3.87. The van der Waals surface area contributed by atoms with Gasteiger partial charge in [0.15, 0.2) is 0 Å². The molecule has 0 amide bonds. The number of thiophene rings is 1.